The first kappa shape index (κ1) is 13.7. The number of nitrogens with one attached hydrogen (secondary N) is 1. The average molecular weight is 277 g/mol. The molecule has 0 heterocycles. The van der Waals surface area contributed by atoms with Crippen molar-refractivity contribution in [2.75, 3.05) is 11.2 Å². The second kappa shape index (κ2) is 6.42. The number of benzene rings is 1. The van der Waals surface area contributed by atoms with Gasteiger partial charge in [-0.1, -0.05) is 11.6 Å². The maximum atomic E-state index is 11.4. The first-order chi connectivity index (χ1) is 8.04. The number of rotatable bonds is 5. The molecule has 1 N–H and O–H groups in total. The zero-order valence-electron chi connectivity index (χ0n) is 8.78. The highest BCUT2D eigenvalue weighted by atomic mass is 35.5. The van der Waals surface area contributed by atoms with E-state index in [2.05, 4.69) is 5.32 Å². The molecule has 1 rings (SSSR count). The molecule has 0 radical (unpaired) electrons. The van der Waals surface area contributed by atoms with Crippen LogP contribution in [0.3, 0.4) is 0 Å². The summed E-state index contributed by atoms with van der Waals surface area (Å²) < 4.78 is 0. The number of nitro groups is 1. The minimum atomic E-state index is -0.582. The van der Waals surface area contributed by atoms with Crippen LogP contribution in [-0.4, -0.2) is 16.7 Å². The fraction of sp³-hybridized carbons (Fsp3) is 0.300. The largest absolute Gasteiger partial charge is 0.326 e. The highest BCUT2D eigenvalue weighted by molar-refractivity contribution is 6.33. The minimum absolute atomic E-state index is 0.00913. The first-order valence-corrected chi connectivity index (χ1v) is 5.75. The summed E-state index contributed by atoms with van der Waals surface area (Å²) in [5.74, 6) is 0.213. The highest BCUT2D eigenvalue weighted by Gasteiger charge is 2.12. The van der Waals surface area contributed by atoms with E-state index in [1.165, 1.54) is 18.2 Å². The van der Waals surface area contributed by atoms with Crippen LogP contribution in [0, 0.1) is 10.1 Å². The van der Waals surface area contributed by atoms with Crippen LogP contribution in [0.25, 0.3) is 0 Å². The van der Waals surface area contributed by atoms with Crippen molar-refractivity contribution in [3.8, 4) is 0 Å². The number of anilines is 1. The molecule has 0 aliphatic heterocycles. The summed E-state index contributed by atoms with van der Waals surface area (Å²) in [6, 6.07) is 4.03. The Balaban J connectivity index is 2.70. The Morgan fingerprint density at radius 2 is 2.18 bits per heavy atom. The van der Waals surface area contributed by atoms with Crippen molar-refractivity contribution in [1.82, 2.24) is 0 Å². The Hall–Kier alpha value is -1.33. The van der Waals surface area contributed by atoms with Crippen molar-refractivity contribution < 1.29 is 9.72 Å². The van der Waals surface area contributed by atoms with Crippen LogP contribution in [0.1, 0.15) is 12.8 Å². The van der Waals surface area contributed by atoms with E-state index in [9.17, 15) is 14.9 Å². The molecule has 0 spiro atoms. The van der Waals surface area contributed by atoms with Gasteiger partial charge in [-0.2, -0.15) is 0 Å². The summed E-state index contributed by atoms with van der Waals surface area (Å²) in [4.78, 5) is 21.3. The van der Waals surface area contributed by atoms with Crippen LogP contribution in [0.4, 0.5) is 11.4 Å². The molecule has 92 valence electrons. The van der Waals surface area contributed by atoms with Gasteiger partial charge in [-0.15, -0.1) is 11.6 Å². The number of hydrogen-bond acceptors (Lipinski definition) is 3. The van der Waals surface area contributed by atoms with Crippen LogP contribution >= 0.6 is 23.2 Å². The van der Waals surface area contributed by atoms with Gasteiger partial charge in [-0.25, -0.2) is 0 Å². The van der Waals surface area contributed by atoms with Crippen molar-refractivity contribution in [2.45, 2.75) is 12.8 Å². The van der Waals surface area contributed by atoms with Gasteiger partial charge in [-0.3, -0.25) is 14.9 Å². The van der Waals surface area contributed by atoms with Gasteiger partial charge in [0.05, 0.1) is 4.92 Å². The standard InChI is InChI=1S/C10H10Cl2N2O3/c11-5-1-2-10(15)13-7-3-4-9(14(16)17)8(12)6-7/h3-4,6H,1-2,5H2,(H,13,15). The Labute approximate surface area is 108 Å². The molecule has 1 aromatic rings. The molecule has 0 bridgehead atoms. The molecule has 0 aliphatic rings. The summed E-state index contributed by atoms with van der Waals surface area (Å²) in [7, 11) is 0. The molecule has 0 saturated heterocycles. The zero-order valence-corrected chi connectivity index (χ0v) is 10.3. The molecular formula is C10H10Cl2N2O3. The predicted octanol–water partition coefficient (Wildman–Crippen LogP) is 3.21. The predicted molar refractivity (Wildman–Crippen MR) is 66.7 cm³/mol. The Morgan fingerprint density at radius 3 is 2.71 bits per heavy atom. The third kappa shape index (κ3) is 4.20. The summed E-state index contributed by atoms with van der Waals surface area (Å²) in [6.45, 7) is 0. The van der Waals surface area contributed by atoms with Crippen molar-refractivity contribution in [3.63, 3.8) is 0 Å². The SMILES string of the molecule is O=C(CCCCl)Nc1ccc([N+](=O)[O-])c(Cl)c1. The smallest absolute Gasteiger partial charge is 0.288 e. The summed E-state index contributed by atoms with van der Waals surface area (Å²) >= 11 is 11.2. The van der Waals surface area contributed by atoms with Crippen LogP contribution in [0.15, 0.2) is 18.2 Å². The molecule has 0 aromatic heterocycles. The minimum Gasteiger partial charge on any atom is -0.326 e. The molecule has 1 aromatic carbocycles. The number of nitro benzene ring substituents is 1. The Morgan fingerprint density at radius 1 is 1.47 bits per heavy atom. The molecule has 1 amide bonds. The van der Waals surface area contributed by atoms with Gasteiger partial charge in [0.15, 0.2) is 0 Å². The lowest BCUT2D eigenvalue weighted by molar-refractivity contribution is -0.384. The molecule has 5 nitrogen and oxygen atoms in total. The highest BCUT2D eigenvalue weighted by Crippen LogP contribution is 2.27. The fourth-order valence-electron chi connectivity index (χ4n) is 1.18. The van der Waals surface area contributed by atoms with Gasteiger partial charge < -0.3 is 5.32 Å². The van der Waals surface area contributed by atoms with Gasteiger partial charge in [0, 0.05) is 24.1 Å². The number of carbonyl (C=O) groups is 1. The fourth-order valence-corrected chi connectivity index (χ4v) is 1.57. The van der Waals surface area contributed by atoms with Crippen molar-refractivity contribution in [2.24, 2.45) is 0 Å². The molecule has 0 atom stereocenters. The summed E-state index contributed by atoms with van der Waals surface area (Å²) in [5.41, 5.74) is 0.241. The molecule has 17 heavy (non-hydrogen) atoms. The second-order valence-corrected chi connectivity index (χ2v) is 4.05. The van der Waals surface area contributed by atoms with E-state index in [0.29, 0.717) is 24.4 Å². The van der Waals surface area contributed by atoms with Crippen LogP contribution in [0.5, 0.6) is 0 Å². The molecule has 0 aliphatic carbocycles. The normalized spacial score (nSPS) is 10.0. The number of nitrogens with zero attached hydrogens (tertiary/aromatic N) is 1. The van der Waals surface area contributed by atoms with Gasteiger partial charge in [0.1, 0.15) is 5.02 Å². The first-order valence-electron chi connectivity index (χ1n) is 4.84. The van der Waals surface area contributed by atoms with E-state index in [1.807, 2.05) is 0 Å². The van der Waals surface area contributed by atoms with E-state index in [4.69, 9.17) is 23.2 Å². The van der Waals surface area contributed by atoms with Crippen LogP contribution < -0.4 is 5.32 Å². The average Bonchev–Trinajstić information content (AvgIpc) is 2.26. The maximum absolute atomic E-state index is 11.4. The van der Waals surface area contributed by atoms with E-state index in [0.717, 1.165) is 0 Å². The van der Waals surface area contributed by atoms with E-state index in [1.54, 1.807) is 0 Å². The Bertz CT molecular complexity index is 438. The topological polar surface area (TPSA) is 72.2 Å². The van der Waals surface area contributed by atoms with Gasteiger partial charge in [0.2, 0.25) is 5.91 Å². The number of hydrogen-bond donors (Lipinski definition) is 1. The lowest BCUT2D eigenvalue weighted by atomic mass is 10.2. The third-order valence-electron chi connectivity index (χ3n) is 1.97. The van der Waals surface area contributed by atoms with E-state index in [-0.39, 0.29) is 16.6 Å². The van der Waals surface area contributed by atoms with Gasteiger partial charge in [-0.05, 0) is 18.6 Å². The molecule has 0 saturated carbocycles. The lowest BCUT2D eigenvalue weighted by Gasteiger charge is -2.04. The van der Waals surface area contributed by atoms with Crippen LogP contribution in [-0.2, 0) is 4.79 Å². The number of carbonyl (C=O) groups excluding carboxylic acids is 1. The number of alkyl halides is 1. The molecular weight excluding hydrogens is 267 g/mol. The number of amides is 1. The quantitative estimate of drug-likeness (QED) is 0.510. The molecule has 7 heteroatoms. The maximum Gasteiger partial charge on any atom is 0.288 e. The van der Waals surface area contributed by atoms with Crippen molar-refractivity contribution in [3.05, 3.63) is 33.3 Å². The molecule has 0 fully saturated rings. The lowest BCUT2D eigenvalue weighted by Crippen LogP contribution is -2.11. The third-order valence-corrected chi connectivity index (χ3v) is 2.54. The Kier molecular flexibility index (Phi) is 5.18. The van der Waals surface area contributed by atoms with E-state index >= 15 is 0 Å². The molecule has 0 unspecified atom stereocenters. The van der Waals surface area contributed by atoms with Crippen molar-refractivity contribution in [1.29, 1.82) is 0 Å². The zero-order chi connectivity index (χ0) is 12.8. The second-order valence-electron chi connectivity index (χ2n) is 3.26. The summed E-state index contributed by atoms with van der Waals surface area (Å²) in [5, 5.41) is 13.1. The summed E-state index contributed by atoms with van der Waals surface area (Å²) in [6.07, 6.45) is 0.881. The van der Waals surface area contributed by atoms with Gasteiger partial charge >= 0.3 is 0 Å². The van der Waals surface area contributed by atoms with Crippen LogP contribution in [0.2, 0.25) is 5.02 Å². The van der Waals surface area contributed by atoms with E-state index < -0.39 is 4.92 Å². The van der Waals surface area contributed by atoms with Crippen molar-refractivity contribution >= 4 is 40.5 Å². The monoisotopic (exact) mass is 276 g/mol. The van der Waals surface area contributed by atoms with Gasteiger partial charge in [0.25, 0.3) is 5.69 Å². The number of halogens is 2.